The topological polar surface area (TPSA) is 66.4 Å². The van der Waals surface area contributed by atoms with Crippen LogP contribution < -0.4 is 0 Å². The molecule has 0 radical (unpaired) electrons. The molecule has 1 aromatic rings. The van der Waals surface area contributed by atoms with Gasteiger partial charge in [-0.05, 0) is 37.2 Å². The van der Waals surface area contributed by atoms with E-state index < -0.39 is 0 Å². The number of nitrogens with zero attached hydrogens (tertiary/aromatic N) is 4. The van der Waals surface area contributed by atoms with E-state index in [1.165, 1.54) is 11.5 Å². The van der Waals surface area contributed by atoms with Crippen molar-refractivity contribution in [3.63, 3.8) is 0 Å². The van der Waals surface area contributed by atoms with Crippen LogP contribution >= 0.6 is 11.5 Å². The van der Waals surface area contributed by atoms with Crippen molar-refractivity contribution in [1.82, 2.24) is 19.4 Å². The highest BCUT2D eigenvalue weighted by atomic mass is 32.1. The van der Waals surface area contributed by atoms with E-state index in [2.05, 4.69) is 16.2 Å². The van der Waals surface area contributed by atoms with E-state index in [0.717, 1.165) is 25.7 Å². The van der Waals surface area contributed by atoms with Gasteiger partial charge in [-0.1, -0.05) is 10.6 Å². The Hall–Kier alpha value is -1.76. The van der Waals surface area contributed by atoms with Gasteiger partial charge in [0.2, 0.25) is 5.91 Å². The fourth-order valence-corrected chi connectivity index (χ4v) is 4.09. The van der Waals surface area contributed by atoms with Gasteiger partial charge in [0.05, 0.1) is 5.54 Å². The molecule has 6 nitrogen and oxygen atoms in total. The van der Waals surface area contributed by atoms with Gasteiger partial charge in [-0.25, -0.2) is 0 Å². The molecule has 1 aromatic heterocycles. The minimum Gasteiger partial charge on any atom is -0.335 e. The highest BCUT2D eigenvalue weighted by Crippen LogP contribution is 2.37. The second-order valence-corrected chi connectivity index (χ2v) is 6.60. The van der Waals surface area contributed by atoms with E-state index >= 15 is 0 Å². The number of likely N-dealkylation sites (tertiary alicyclic amines) is 2. The normalized spacial score (nSPS) is 25.5. The molecule has 3 heterocycles. The van der Waals surface area contributed by atoms with Crippen molar-refractivity contribution in [2.75, 3.05) is 19.6 Å². The lowest BCUT2D eigenvalue weighted by atomic mass is 9.79. The molecule has 0 aliphatic carbocycles. The van der Waals surface area contributed by atoms with Crippen molar-refractivity contribution < 1.29 is 9.59 Å². The average Bonchev–Trinajstić information content (AvgIpc) is 3.05. The molecular formula is C15H20N4O2S. The van der Waals surface area contributed by atoms with Crippen LogP contribution in [0.5, 0.6) is 0 Å². The number of hydrogen-bond acceptors (Lipinski definition) is 5. The van der Waals surface area contributed by atoms with Crippen molar-refractivity contribution in [3.8, 4) is 0 Å². The number of carbonyl (C=O) groups is 2. The predicted octanol–water partition coefficient (Wildman–Crippen LogP) is 1.71. The lowest BCUT2D eigenvalue weighted by molar-refractivity contribution is -0.143. The smallest absolute Gasteiger partial charge is 0.275 e. The summed E-state index contributed by atoms with van der Waals surface area (Å²) in [5.74, 6) is 0.0974. The fraction of sp³-hybridized carbons (Fsp3) is 0.600. The van der Waals surface area contributed by atoms with Crippen LogP contribution in [0.3, 0.4) is 0 Å². The van der Waals surface area contributed by atoms with E-state index in [0.29, 0.717) is 31.7 Å². The molecule has 0 unspecified atom stereocenters. The van der Waals surface area contributed by atoms with Crippen molar-refractivity contribution >= 4 is 23.3 Å². The van der Waals surface area contributed by atoms with E-state index in [4.69, 9.17) is 0 Å². The number of hydrogen-bond donors (Lipinski definition) is 0. The van der Waals surface area contributed by atoms with Gasteiger partial charge in [0.25, 0.3) is 5.91 Å². The van der Waals surface area contributed by atoms with Gasteiger partial charge in [-0.3, -0.25) is 9.59 Å². The Labute approximate surface area is 134 Å². The first-order valence-electron chi connectivity index (χ1n) is 7.64. The second-order valence-electron chi connectivity index (χ2n) is 5.99. The zero-order chi connectivity index (χ0) is 15.6. The van der Waals surface area contributed by atoms with Crippen LogP contribution in [-0.4, -0.2) is 56.4 Å². The Morgan fingerprint density at radius 2 is 2.27 bits per heavy atom. The van der Waals surface area contributed by atoms with Gasteiger partial charge in [0.1, 0.15) is 0 Å². The SMILES string of the molecule is C=CCN1C(=O)CCC[C@@]12CCCN(C(=O)c1csnn1)C2. The van der Waals surface area contributed by atoms with Crippen molar-refractivity contribution in [1.29, 1.82) is 0 Å². The Kier molecular flexibility index (Phi) is 4.24. The van der Waals surface area contributed by atoms with Crippen LogP contribution in [0.1, 0.15) is 42.6 Å². The summed E-state index contributed by atoms with van der Waals surface area (Å²) in [7, 11) is 0. The minimum absolute atomic E-state index is 0.0793. The highest BCUT2D eigenvalue weighted by molar-refractivity contribution is 7.03. The molecule has 2 fully saturated rings. The Morgan fingerprint density at radius 1 is 1.45 bits per heavy atom. The average molecular weight is 320 g/mol. The summed E-state index contributed by atoms with van der Waals surface area (Å²) in [6, 6.07) is 0. The first kappa shape index (κ1) is 15.1. The second kappa shape index (κ2) is 6.16. The van der Waals surface area contributed by atoms with Gasteiger partial charge >= 0.3 is 0 Å². The van der Waals surface area contributed by atoms with E-state index in [9.17, 15) is 9.59 Å². The molecule has 0 bridgehead atoms. The number of piperidine rings is 2. The summed E-state index contributed by atoms with van der Waals surface area (Å²) in [5, 5.41) is 5.55. The Balaban J connectivity index is 1.82. The quantitative estimate of drug-likeness (QED) is 0.795. The summed E-state index contributed by atoms with van der Waals surface area (Å²) in [5.41, 5.74) is 0.167. The molecule has 2 amide bonds. The van der Waals surface area contributed by atoms with Crippen molar-refractivity contribution in [3.05, 3.63) is 23.7 Å². The third kappa shape index (κ3) is 2.65. The van der Waals surface area contributed by atoms with Crippen LogP contribution in [0, 0.1) is 0 Å². The maximum Gasteiger partial charge on any atom is 0.275 e. The molecule has 7 heteroatoms. The predicted molar refractivity (Wildman–Crippen MR) is 83.5 cm³/mol. The fourth-order valence-electron chi connectivity index (χ4n) is 3.66. The first-order valence-corrected chi connectivity index (χ1v) is 8.48. The van der Waals surface area contributed by atoms with Crippen LogP contribution in [0.25, 0.3) is 0 Å². The number of rotatable bonds is 3. The molecule has 2 aliphatic heterocycles. The molecule has 1 atom stereocenters. The van der Waals surface area contributed by atoms with E-state index in [1.54, 1.807) is 11.5 Å². The number of amides is 2. The highest BCUT2D eigenvalue weighted by Gasteiger charge is 2.45. The molecular weight excluding hydrogens is 300 g/mol. The summed E-state index contributed by atoms with van der Waals surface area (Å²) < 4.78 is 3.76. The largest absolute Gasteiger partial charge is 0.335 e. The number of aromatic nitrogens is 2. The maximum atomic E-state index is 12.5. The van der Waals surface area contributed by atoms with Crippen molar-refractivity contribution in [2.24, 2.45) is 0 Å². The molecule has 0 aromatic carbocycles. The Bertz CT molecular complexity index is 570. The van der Waals surface area contributed by atoms with E-state index in [-0.39, 0.29) is 17.4 Å². The van der Waals surface area contributed by atoms with Crippen LogP contribution in [0.2, 0.25) is 0 Å². The maximum absolute atomic E-state index is 12.5. The monoisotopic (exact) mass is 320 g/mol. The lowest BCUT2D eigenvalue weighted by Gasteiger charge is -2.51. The zero-order valence-electron chi connectivity index (χ0n) is 12.5. The molecule has 0 N–H and O–H groups in total. The summed E-state index contributed by atoms with van der Waals surface area (Å²) in [4.78, 5) is 28.6. The summed E-state index contributed by atoms with van der Waals surface area (Å²) in [6.45, 7) is 5.63. The molecule has 22 heavy (non-hydrogen) atoms. The molecule has 2 aliphatic rings. The van der Waals surface area contributed by atoms with Gasteiger partial charge < -0.3 is 9.80 Å². The van der Waals surface area contributed by atoms with Gasteiger partial charge in [-0.15, -0.1) is 11.7 Å². The summed E-state index contributed by atoms with van der Waals surface area (Å²) >= 11 is 1.18. The molecule has 2 saturated heterocycles. The first-order chi connectivity index (χ1) is 10.7. The number of carbonyl (C=O) groups excluding carboxylic acids is 2. The molecule has 0 saturated carbocycles. The third-order valence-corrected chi connectivity index (χ3v) is 5.14. The zero-order valence-corrected chi connectivity index (χ0v) is 13.3. The third-order valence-electron chi connectivity index (χ3n) is 4.64. The van der Waals surface area contributed by atoms with Crippen molar-refractivity contribution in [2.45, 2.75) is 37.6 Å². The molecule has 3 rings (SSSR count). The van der Waals surface area contributed by atoms with Crippen LogP contribution in [0.15, 0.2) is 18.0 Å². The van der Waals surface area contributed by atoms with Crippen LogP contribution in [-0.2, 0) is 4.79 Å². The Morgan fingerprint density at radius 3 is 3.00 bits per heavy atom. The lowest BCUT2D eigenvalue weighted by Crippen LogP contribution is -2.63. The van der Waals surface area contributed by atoms with Gasteiger partial charge in [0, 0.05) is 31.4 Å². The van der Waals surface area contributed by atoms with Gasteiger partial charge in [0.15, 0.2) is 5.69 Å². The van der Waals surface area contributed by atoms with E-state index in [1.807, 2.05) is 9.80 Å². The summed E-state index contributed by atoms with van der Waals surface area (Å²) in [6.07, 6.45) is 6.07. The van der Waals surface area contributed by atoms with Crippen LogP contribution in [0.4, 0.5) is 0 Å². The standard InChI is InChI=1S/C15H20N4O2S/c1-2-8-19-13(20)5-3-6-15(19)7-4-9-18(11-15)14(21)12-10-22-17-16-12/h2,10H,1,3-9,11H2/t15-/m0/s1. The molecule has 1 spiro atoms. The minimum atomic E-state index is -0.235. The molecule has 118 valence electrons. The van der Waals surface area contributed by atoms with Gasteiger partial charge in [-0.2, -0.15) is 0 Å².